The van der Waals surface area contributed by atoms with Gasteiger partial charge in [0.2, 0.25) is 0 Å². The van der Waals surface area contributed by atoms with Crippen LogP contribution in [0.4, 0.5) is 0 Å². The predicted molar refractivity (Wildman–Crippen MR) is 57.0 cm³/mol. The third-order valence-corrected chi connectivity index (χ3v) is 2.82. The van der Waals surface area contributed by atoms with Gasteiger partial charge in [-0.25, -0.2) is 0 Å². The molecule has 0 radical (unpaired) electrons. The van der Waals surface area contributed by atoms with Gasteiger partial charge >= 0.3 is 0 Å². The van der Waals surface area contributed by atoms with Gasteiger partial charge < -0.3 is 22.0 Å². The average Bonchev–Trinajstić information content (AvgIpc) is 2.17. The lowest BCUT2D eigenvalue weighted by Crippen LogP contribution is -2.53. The molecule has 0 fully saturated rings. The molecule has 0 heterocycles. The standard InChI is InChI=1S/C7H18N4OS/c1-3-4-13-7(11-12)5(8)6(9)10-2/h5-6,10,12H,3-4,8-9H2,1-2H3/b11-7+/t5-,6-/m1/s1. The first-order valence-electron chi connectivity index (χ1n) is 4.20. The van der Waals surface area contributed by atoms with Crippen LogP contribution in [0.2, 0.25) is 0 Å². The molecule has 0 unspecified atom stereocenters. The second-order valence-corrected chi connectivity index (χ2v) is 3.74. The molecule has 0 aliphatic carbocycles. The molecule has 0 aromatic carbocycles. The molecule has 6 N–H and O–H groups in total. The van der Waals surface area contributed by atoms with Crippen molar-refractivity contribution in [1.29, 1.82) is 0 Å². The third-order valence-electron chi connectivity index (χ3n) is 1.56. The first-order chi connectivity index (χ1) is 6.17. The Hall–Kier alpha value is -0.300. The van der Waals surface area contributed by atoms with Crippen molar-refractivity contribution in [2.45, 2.75) is 25.6 Å². The van der Waals surface area contributed by atoms with Gasteiger partial charge in [-0.05, 0) is 19.2 Å². The van der Waals surface area contributed by atoms with Gasteiger partial charge in [-0.15, -0.1) is 11.8 Å². The van der Waals surface area contributed by atoms with E-state index in [1.165, 1.54) is 11.8 Å². The molecule has 0 saturated carbocycles. The lowest BCUT2D eigenvalue weighted by molar-refractivity contribution is 0.317. The lowest BCUT2D eigenvalue weighted by Gasteiger charge is -2.19. The maximum Gasteiger partial charge on any atom is 0.132 e. The number of hydrogen-bond acceptors (Lipinski definition) is 6. The summed E-state index contributed by atoms with van der Waals surface area (Å²) in [6, 6.07) is -0.452. The number of nitrogens with zero attached hydrogens (tertiary/aromatic N) is 1. The Balaban J connectivity index is 4.08. The molecule has 6 heteroatoms. The second kappa shape index (κ2) is 7.14. The Morgan fingerprint density at radius 1 is 1.62 bits per heavy atom. The van der Waals surface area contributed by atoms with Gasteiger partial charge in [-0.2, -0.15) is 0 Å². The maximum absolute atomic E-state index is 8.67. The fraction of sp³-hybridized carbons (Fsp3) is 0.857. The molecule has 0 aromatic heterocycles. The highest BCUT2D eigenvalue weighted by atomic mass is 32.2. The summed E-state index contributed by atoms with van der Waals surface area (Å²) in [5.41, 5.74) is 11.3. The van der Waals surface area contributed by atoms with Gasteiger partial charge in [0.25, 0.3) is 0 Å². The summed E-state index contributed by atoms with van der Waals surface area (Å²) in [6.07, 6.45) is 0.626. The Morgan fingerprint density at radius 3 is 2.62 bits per heavy atom. The minimum Gasteiger partial charge on any atom is -0.410 e. The highest BCUT2D eigenvalue weighted by Crippen LogP contribution is 2.08. The van der Waals surface area contributed by atoms with E-state index in [0.29, 0.717) is 5.04 Å². The summed E-state index contributed by atoms with van der Waals surface area (Å²) in [5, 5.41) is 15.1. The number of nitrogens with two attached hydrogens (primary N) is 2. The van der Waals surface area contributed by atoms with Crippen LogP contribution in [0.25, 0.3) is 0 Å². The van der Waals surface area contributed by atoms with E-state index in [0.717, 1.165) is 12.2 Å². The van der Waals surface area contributed by atoms with Crippen LogP contribution in [0, 0.1) is 0 Å². The van der Waals surface area contributed by atoms with Gasteiger partial charge in [-0.3, -0.25) is 0 Å². The smallest absolute Gasteiger partial charge is 0.132 e. The number of hydrogen-bond donors (Lipinski definition) is 4. The second-order valence-electron chi connectivity index (χ2n) is 2.63. The van der Waals surface area contributed by atoms with Gasteiger partial charge in [0.15, 0.2) is 0 Å². The number of oxime groups is 1. The number of rotatable bonds is 5. The van der Waals surface area contributed by atoms with Crippen molar-refractivity contribution in [2.24, 2.45) is 16.6 Å². The predicted octanol–water partition coefficient (Wildman–Crippen LogP) is -0.251. The zero-order valence-electron chi connectivity index (χ0n) is 8.03. The van der Waals surface area contributed by atoms with Gasteiger partial charge in [-0.1, -0.05) is 12.1 Å². The van der Waals surface area contributed by atoms with Crippen LogP contribution >= 0.6 is 11.8 Å². The molecule has 78 valence electrons. The molecule has 0 aromatic rings. The molecule has 13 heavy (non-hydrogen) atoms. The minimum absolute atomic E-state index is 0.379. The van der Waals surface area contributed by atoms with E-state index in [2.05, 4.69) is 10.5 Å². The Bertz CT molecular complexity index is 165. The molecular formula is C7H18N4OS. The van der Waals surface area contributed by atoms with E-state index in [1.54, 1.807) is 7.05 Å². The summed E-state index contributed by atoms with van der Waals surface area (Å²) in [7, 11) is 1.71. The molecule has 0 bridgehead atoms. The normalized spacial score (nSPS) is 17.1. The summed E-state index contributed by atoms with van der Waals surface area (Å²) in [6.45, 7) is 2.05. The largest absolute Gasteiger partial charge is 0.410 e. The topological polar surface area (TPSA) is 96.7 Å². The van der Waals surface area contributed by atoms with Crippen LogP contribution in [0.3, 0.4) is 0 Å². The van der Waals surface area contributed by atoms with E-state index in [1.807, 2.05) is 6.92 Å². The van der Waals surface area contributed by atoms with Gasteiger partial charge in [0.1, 0.15) is 5.04 Å². The first-order valence-corrected chi connectivity index (χ1v) is 5.19. The molecule has 5 nitrogen and oxygen atoms in total. The third kappa shape index (κ3) is 4.47. The van der Waals surface area contributed by atoms with E-state index in [-0.39, 0.29) is 6.17 Å². The molecule has 0 rings (SSSR count). The quantitative estimate of drug-likeness (QED) is 0.163. The summed E-state index contributed by atoms with van der Waals surface area (Å²) in [5.74, 6) is 0.878. The SMILES string of the molecule is CCCS/C(=N/O)[C@H](N)[C@H](N)NC. The fourth-order valence-corrected chi connectivity index (χ4v) is 1.54. The summed E-state index contributed by atoms with van der Waals surface area (Å²) in [4.78, 5) is 0. The van der Waals surface area contributed by atoms with E-state index < -0.39 is 6.04 Å². The maximum atomic E-state index is 8.67. The van der Waals surface area contributed by atoms with Crippen molar-refractivity contribution in [3.05, 3.63) is 0 Å². The molecule has 0 amide bonds. The van der Waals surface area contributed by atoms with Crippen LogP contribution in [-0.2, 0) is 0 Å². The highest BCUT2D eigenvalue weighted by molar-refractivity contribution is 8.14. The number of likely N-dealkylation sites (N-methyl/N-ethyl adjacent to an activating group) is 1. The van der Waals surface area contributed by atoms with Crippen LogP contribution in [0.5, 0.6) is 0 Å². The van der Waals surface area contributed by atoms with E-state index >= 15 is 0 Å². The minimum atomic E-state index is -0.452. The fourth-order valence-electron chi connectivity index (χ4n) is 0.732. The van der Waals surface area contributed by atoms with Crippen LogP contribution in [0.15, 0.2) is 5.16 Å². The van der Waals surface area contributed by atoms with Gasteiger partial charge in [0.05, 0.1) is 12.2 Å². The summed E-state index contributed by atoms with van der Waals surface area (Å²) >= 11 is 1.43. The Morgan fingerprint density at radius 2 is 2.23 bits per heavy atom. The molecule has 0 aliphatic heterocycles. The average molecular weight is 206 g/mol. The Kier molecular flexibility index (Phi) is 6.97. The number of thioether (sulfide) groups is 1. The van der Waals surface area contributed by atoms with E-state index in [9.17, 15) is 0 Å². The van der Waals surface area contributed by atoms with E-state index in [4.69, 9.17) is 16.7 Å². The summed E-state index contributed by atoms with van der Waals surface area (Å²) < 4.78 is 0. The van der Waals surface area contributed by atoms with Crippen LogP contribution in [-0.4, -0.2) is 35.3 Å². The molecular weight excluding hydrogens is 188 g/mol. The number of nitrogens with one attached hydrogen (secondary N) is 1. The van der Waals surface area contributed by atoms with Crippen molar-refractivity contribution in [3.8, 4) is 0 Å². The Labute approximate surface area is 82.9 Å². The van der Waals surface area contributed by atoms with Crippen molar-refractivity contribution in [3.63, 3.8) is 0 Å². The zero-order chi connectivity index (χ0) is 10.3. The van der Waals surface area contributed by atoms with Gasteiger partial charge in [0, 0.05) is 0 Å². The molecule has 0 aliphatic rings. The van der Waals surface area contributed by atoms with Crippen molar-refractivity contribution in [2.75, 3.05) is 12.8 Å². The highest BCUT2D eigenvalue weighted by Gasteiger charge is 2.18. The molecule has 2 atom stereocenters. The first kappa shape index (κ1) is 12.7. The van der Waals surface area contributed by atoms with Crippen molar-refractivity contribution < 1.29 is 5.21 Å². The van der Waals surface area contributed by atoms with Crippen molar-refractivity contribution in [1.82, 2.24) is 5.32 Å². The molecule has 0 spiro atoms. The monoisotopic (exact) mass is 206 g/mol. The lowest BCUT2D eigenvalue weighted by atomic mass is 10.3. The molecule has 0 saturated heterocycles. The zero-order valence-corrected chi connectivity index (χ0v) is 8.84. The van der Waals surface area contributed by atoms with Crippen LogP contribution in [0.1, 0.15) is 13.3 Å². The van der Waals surface area contributed by atoms with Crippen LogP contribution < -0.4 is 16.8 Å². The van der Waals surface area contributed by atoms with Crippen molar-refractivity contribution >= 4 is 16.8 Å².